The molecule has 0 radical (unpaired) electrons. The number of alkyl halides is 2. The molecule has 27 heavy (non-hydrogen) atoms. The van der Waals surface area contributed by atoms with Crippen molar-refractivity contribution < 1.29 is 32.6 Å². The Morgan fingerprint density at radius 2 is 1.78 bits per heavy atom. The van der Waals surface area contributed by atoms with Crippen LogP contribution >= 0.6 is 0 Å². The zero-order valence-corrected chi connectivity index (χ0v) is 14.6. The van der Waals surface area contributed by atoms with E-state index in [2.05, 4.69) is 14.8 Å². The third-order valence-corrected chi connectivity index (χ3v) is 3.42. The number of para-hydroxylation sites is 1. The number of hydrogen-bond donors (Lipinski definition) is 1. The lowest BCUT2D eigenvalue weighted by Gasteiger charge is -2.12. The molecule has 2 aromatic rings. The molecule has 0 saturated heterocycles. The summed E-state index contributed by atoms with van der Waals surface area (Å²) in [7, 11) is 2.60. The van der Waals surface area contributed by atoms with Crippen LogP contribution < -0.4 is 14.8 Å². The molecule has 0 bridgehead atoms. The number of esters is 1. The van der Waals surface area contributed by atoms with E-state index in [1.165, 1.54) is 62.8 Å². The van der Waals surface area contributed by atoms with Crippen LogP contribution in [0.5, 0.6) is 11.5 Å². The first-order valence-corrected chi connectivity index (χ1v) is 7.74. The number of rotatable bonds is 7. The van der Waals surface area contributed by atoms with Crippen molar-refractivity contribution in [1.29, 1.82) is 0 Å². The highest BCUT2D eigenvalue weighted by atomic mass is 19.3. The first-order valence-electron chi connectivity index (χ1n) is 7.74. The molecule has 142 valence electrons. The normalized spacial score (nSPS) is 10.7. The second-order valence-corrected chi connectivity index (χ2v) is 5.15. The van der Waals surface area contributed by atoms with Crippen LogP contribution in [0.3, 0.4) is 0 Å². The number of methoxy groups -OCH3 is 2. The molecule has 0 fully saturated rings. The third-order valence-electron chi connectivity index (χ3n) is 3.42. The molecule has 0 aliphatic heterocycles. The van der Waals surface area contributed by atoms with Crippen LogP contribution in [-0.4, -0.2) is 32.7 Å². The summed E-state index contributed by atoms with van der Waals surface area (Å²) in [5, 5.41) is 2.59. The van der Waals surface area contributed by atoms with Gasteiger partial charge in [0, 0.05) is 17.3 Å². The fraction of sp³-hybridized carbons (Fsp3) is 0.158. The highest BCUT2D eigenvalue weighted by Gasteiger charge is 2.14. The van der Waals surface area contributed by atoms with Crippen LogP contribution in [0, 0.1) is 0 Å². The Hall–Kier alpha value is -3.42. The van der Waals surface area contributed by atoms with Gasteiger partial charge in [-0.2, -0.15) is 8.78 Å². The van der Waals surface area contributed by atoms with Crippen molar-refractivity contribution in [2.45, 2.75) is 6.61 Å². The highest BCUT2D eigenvalue weighted by Crippen LogP contribution is 2.33. The van der Waals surface area contributed by atoms with Gasteiger partial charge in [-0.15, -0.1) is 0 Å². The van der Waals surface area contributed by atoms with Crippen molar-refractivity contribution in [3.8, 4) is 11.5 Å². The minimum atomic E-state index is -3.03. The first kappa shape index (κ1) is 19.9. The fourth-order valence-electron chi connectivity index (χ4n) is 2.20. The molecule has 0 heterocycles. The molecule has 0 spiro atoms. The van der Waals surface area contributed by atoms with Crippen molar-refractivity contribution in [2.24, 2.45) is 0 Å². The number of benzene rings is 2. The smallest absolute Gasteiger partial charge is 0.387 e. The second-order valence-electron chi connectivity index (χ2n) is 5.15. The van der Waals surface area contributed by atoms with E-state index in [1.807, 2.05) is 0 Å². The number of amides is 1. The van der Waals surface area contributed by atoms with E-state index < -0.39 is 18.5 Å². The predicted molar refractivity (Wildman–Crippen MR) is 95.1 cm³/mol. The Balaban J connectivity index is 2.11. The zero-order chi connectivity index (χ0) is 19.8. The van der Waals surface area contributed by atoms with Crippen LogP contribution in [0.4, 0.5) is 14.5 Å². The zero-order valence-electron chi connectivity index (χ0n) is 14.6. The van der Waals surface area contributed by atoms with Crippen molar-refractivity contribution in [3.05, 3.63) is 59.7 Å². The van der Waals surface area contributed by atoms with Gasteiger partial charge in [-0.3, -0.25) is 4.79 Å². The number of carbonyl (C=O) groups is 2. The predicted octanol–water partition coefficient (Wildman–Crippen LogP) is 3.74. The SMILES string of the molecule is COC(=O)c1ccc(NC(=O)/C=C/c2cccc(OC)c2OC(F)F)cc1. The van der Waals surface area contributed by atoms with Crippen molar-refractivity contribution >= 4 is 23.6 Å². The topological polar surface area (TPSA) is 73.9 Å². The summed E-state index contributed by atoms with van der Waals surface area (Å²) in [4.78, 5) is 23.4. The van der Waals surface area contributed by atoms with Gasteiger partial charge < -0.3 is 19.5 Å². The van der Waals surface area contributed by atoms with Crippen LogP contribution in [0.15, 0.2) is 48.5 Å². The van der Waals surface area contributed by atoms with Crippen LogP contribution in [0.1, 0.15) is 15.9 Å². The van der Waals surface area contributed by atoms with Gasteiger partial charge in [0.05, 0.1) is 19.8 Å². The summed E-state index contributed by atoms with van der Waals surface area (Å²) in [6, 6.07) is 10.6. The second kappa shape index (κ2) is 9.33. The summed E-state index contributed by atoms with van der Waals surface area (Å²) < 4.78 is 39.3. The van der Waals surface area contributed by atoms with Crippen molar-refractivity contribution in [3.63, 3.8) is 0 Å². The molecule has 0 unspecified atom stereocenters. The van der Waals surface area contributed by atoms with E-state index in [0.717, 1.165) is 0 Å². The molecule has 1 amide bonds. The lowest BCUT2D eigenvalue weighted by atomic mass is 10.1. The standard InChI is InChI=1S/C19H17F2NO5/c1-25-15-5-3-4-12(17(15)27-19(20)21)8-11-16(23)22-14-9-6-13(7-10-14)18(24)26-2/h3-11,19H,1-2H3,(H,22,23)/b11-8+. The van der Waals surface area contributed by atoms with E-state index in [4.69, 9.17) is 4.74 Å². The summed E-state index contributed by atoms with van der Waals surface area (Å²) in [5.74, 6) is -1.03. The molecule has 2 rings (SSSR count). The van der Waals surface area contributed by atoms with Crippen molar-refractivity contribution in [1.82, 2.24) is 0 Å². The molecule has 6 nitrogen and oxygen atoms in total. The number of halogens is 2. The number of carbonyl (C=O) groups excluding carboxylic acids is 2. The van der Waals surface area contributed by atoms with Gasteiger partial charge >= 0.3 is 12.6 Å². The first-order chi connectivity index (χ1) is 12.9. The largest absolute Gasteiger partial charge is 0.493 e. The monoisotopic (exact) mass is 377 g/mol. The Morgan fingerprint density at radius 1 is 1.07 bits per heavy atom. The summed E-state index contributed by atoms with van der Waals surface area (Å²) in [6.45, 7) is -3.03. The molecular formula is C19H17F2NO5. The van der Waals surface area contributed by atoms with E-state index in [1.54, 1.807) is 6.07 Å². The Kier molecular flexibility index (Phi) is 6.87. The lowest BCUT2D eigenvalue weighted by molar-refractivity contribution is -0.111. The molecule has 0 aromatic heterocycles. The number of hydrogen-bond acceptors (Lipinski definition) is 5. The minimum Gasteiger partial charge on any atom is -0.493 e. The Morgan fingerprint density at radius 3 is 2.37 bits per heavy atom. The summed E-state index contributed by atoms with van der Waals surface area (Å²) in [6.07, 6.45) is 2.50. The Labute approximate surface area is 154 Å². The fourth-order valence-corrected chi connectivity index (χ4v) is 2.20. The number of anilines is 1. The maximum absolute atomic E-state index is 12.6. The van der Waals surface area contributed by atoms with E-state index in [0.29, 0.717) is 11.3 Å². The average molecular weight is 377 g/mol. The van der Waals surface area contributed by atoms with Gasteiger partial charge in [0.1, 0.15) is 0 Å². The van der Waals surface area contributed by atoms with Crippen LogP contribution in [0.25, 0.3) is 6.08 Å². The lowest BCUT2D eigenvalue weighted by Crippen LogP contribution is -2.09. The molecule has 2 aromatic carbocycles. The van der Waals surface area contributed by atoms with E-state index >= 15 is 0 Å². The molecule has 0 aliphatic carbocycles. The van der Waals surface area contributed by atoms with Gasteiger partial charge in [0.15, 0.2) is 11.5 Å². The molecule has 8 heteroatoms. The van der Waals surface area contributed by atoms with Gasteiger partial charge in [0.2, 0.25) is 5.91 Å². The average Bonchev–Trinajstić information content (AvgIpc) is 2.66. The van der Waals surface area contributed by atoms with Gasteiger partial charge in [-0.1, -0.05) is 12.1 Å². The molecule has 0 aliphatic rings. The molecule has 0 atom stereocenters. The van der Waals surface area contributed by atoms with Gasteiger partial charge in [0.25, 0.3) is 0 Å². The van der Waals surface area contributed by atoms with Gasteiger partial charge in [-0.25, -0.2) is 4.79 Å². The molecular weight excluding hydrogens is 360 g/mol. The van der Waals surface area contributed by atoms with E-state index in [9.17, 15) is 18.4 Å². The number of ether oxygens (including phenoxy) is 3. The number of nitrogens with one attached hydrogen (secondary N) is 1. The maximum Gasteiger partial charge on any atom is 0.387 e. The van der Waals surface area contributed by atoms with E-state index in [-0.39, 0.29) is 17.1 Å². The third kappa shape index (κ3) is 5.53. The molecule has 1 N–H and O–H groups in total. The maximum atomic E-state index is 12.6. The summed E-state index contributed by atoms with van der Waals surface area (Å²) >= 11 is 0. The molecule has 0 saturated carbocycles. The van der Waals surface area contributed by atoms with Crippen molar-refractivity contribution in [2.75, 3.05) is 19.5 Å². The van der Waals surface area contributed by atoms with Gasteiger partial charge in [-0.05, 0) is 36.4 Å². The highest BCUT2D eigenvalue weighted by molar-refractivity contribution is 6.02. The summed E-state index contributed by atoms with van der Waals surface area (Å²) in [5.41, 5.74) is 1.05. The van der Waals surface area contributed by atoms with Crippen LogP contribution in [-0.2, 0) is 9.53 Å². The minimum absolute atomic E-state index is 0.122. The van der Waals surface area contributed by atoms with Crippen LogP contribution in [0.2, 0.25) is 0 Å². The quantitative estimate of drug-likeness (QED) is 0.588. The Bertz CT molecular complexity index is 834.